The molecule has 16 heavy (non-hydrogen) atoms. The molecule has 1 aromatic rings. The van der Waals surface area contributed by atoms with Crippen LogP contribution in [0, 0.1) is 0 Å². The van der Waals surface area contributed by atoms with Gasteiger partial charge >= 0.3 is 0 Å². The third-order valence-electron chi connectivity index (χ3n) is 3.63. The molecular formula is C13H17NOS. The molecule has 0 saturated heterocycles. The Morgan fingerprint density at radius 1 is 1.31 bits per heavy atom. The lowest BCUT2D eigenvalue weighted by Gasteiger charge is -2.34. The highest BCUT2D eigenvalue weighted by Gasteiger charge is 2.38. The normalized spacial score (nSPS) is 21.6. The van der Waals surface area contributed by atoms with Gasteiger partial charge in [-0.15, -0.1) is 11.8 Å². The Morgan fingerprint density at radius 3 is 2.88 bits per heavy atom. The summed E-state index contributed by atoms with van der Waals surface area (Å²) in [6, 6.07) is 6.31. The molecule has 0 unspecified atom stereocenters. The Morgan fingerprint density at radius 2 is 2.12 bits per heavy atom. The van der Waals surface area contributed by atoms with Crippen LogP contribution >= 0.6 is 11.8 Å². The maximum atomic E-state index is 5.29. The van der Waals surface area contributed by atoms with Crippen molar-refractivity contribution in [1.29, 1.82) is 0 Å². The van der Waals surface area contributed by atoms with Crippen LogP contribution in [0.5, 0.6) is 5.75 Å². The zero-order chi connectivity index (χ0) is 11.0. The van der Waals surface area contributed by atoms with Gasteiger partial charge < -0.3 is 10.1 Å². The summed E-state index contributed by atoms with van der Waals surface area (Å²) in [4.78, 5) is 1.35. The fourth-order valence-electron chi connectivity index (χ4n) is 2.68. The maximum Gasteiger partial charge on any atom is 0.120 e. The van der Waals surface area contributed by atoms with Crippen molar-refractivity contribution in [1.82, 2.24) is 0 Å². The summed E-state index contributed by atoms with van der Waals surface area (Å²) in [6.07, 6.45) is 5.46. The van der Waals surface area contributed by atoms with Crippen LogP contribution in [-0.2, 0) is 0 Å². The monoisotopic (exact) mass is 235 g/mol. The summed E-state index contributed by atoms with van der Waals surface area (Å²) in [6.45, 7) is 1.12. The molecule has 2 aliphatic rings. The molecule has 1 spiro atoms. The minimum atomic E-state index is 0.458. The average molecular weight is 235 g/mol. The first-order valence-electron chi connectivity index (χ1n) is 5.92. The van der Waals surface area contributed by atoms with E-state index in [-0.39, 0.29) is 0 Å². The molecule has 1 aliphatic carbocycles. The van der Waals surface area contributed by atoms with Crippen LogP contribution in [0.15, 0.2) is 23.1 Å². The molecular weight excluding hydrogens is 218 g/mol. The van der Waals surface area contributed by atoms with Gasteiger partial charge in [-0.25, -0.2) is 0 Å². The highest BCUT2D eigenvalue weighted by molar-refractivity contribution is 8.01. The number of methoxy groups -OCH3 is 1. The number of fused-ring (bicyclic) bond motifs is 1. The van der Waals surface area contributed by atoms with Gasteiger partial charge in [-0.3, -0.25) is 0 Å². The fourth-order valence-corrected chi connectivity index (χ4v) is 4.21. The van der Waals surface area contributed by atoms with E-state index in [0.717, 1.165) is 12.3 Å². The summed E-state index contributed by atoms with van der Waals surface area (Å²) in [5.74, 6) is 0.961. The summed E-state index contributed by atoms with van der Waals surface area (Å²) in [7, 11) is 1.73. The van der Waals surface area contributed by atoms with E-state index in [0.29, 0.717) is 4.75 Å². The first-order valence-corrected chi connectivity index (χ1v) is 6.74. The van der Waals surface area contributed by atoms with Crippen molar-refractivity contribution < 1.29 is 4.74 Å². The Labute approximate surface area is 101 Å². The largest absolute Gasteiger partial charge is 0.497 e. The molecule has 3 rings (SSSR count). The second-order valence-corrected chi connectivity index (χ2v) is 6.22. The van der Waals surface area contributed by atoms with E-state index in [1.54, 1.807) is 7.11 Å². The third kappa shape index (κ3) is 1.67. The molecule has 0 bridgehead atoms. The Hall–Kier alpha value is -0.830. The van der Waals surface area contributed by atoms with Gasteiger partial charge in [0.15, 0.2) is 0 Å². The van der Waals surface area contributed by atoms with E-state index >= 15 is 0 Å². The number of nitrogens with one attached hydrogen (secondary N) is 1. The van der Waals surface area contributed by atoms with Crippen molar-refractivity contribution in [2.24, 2.45) is 0 Å². The van der Waals surface area contributed by atoms with Gasteiger partial charge in [-0.1, -0.05) is 12.8 Å². The maximum absolute atomic E-state index is 5.29. The van der Waals surface area contributed by atoms with Crippen molar-refractivity contribution in [3.05, 3.63) is 18.2 Å². The molecule has 1 aliphatic heterocycles. The zero-order valence-corrected chi connectivity index (χ0v) is 10.4. The standard InChI is InChI=1S/C13H17NOS/c1-15-10-4-5-11-12(8-10)16-13(9-14-11)6-2-3-7-13/h4-5,8,14H,2-3,6-7,9H2,1H3. The van der Waals surface area contributed by atoms with Crippen LogP contribution in [0.1, 0.15) is 25.7 Å². The highest BCUT2D eigenvalue weighted by atomic mass is 32.2. The Balaban J connectivity index is 1.91. The Bertz CT molecular complexity index is 399. The smallest absolute Gasteiger partial charge is 0.120 e. The van der Waals surface area contributed by atoms with E-state index in [4.69, 9.17) is 4.74 Å². The summed E-state index contributed by atoms with van der Waals surface area (Å²) < 4.78 is 5.75. The van der Waals surface area contributed by atoms with Crippen LogP contribution < -0.4 is 10.1 Å². The van der Waals surface area contributed by atoms with Crippen molar-refractivity contribution in [2.75, 3.05) is 19.0 Å². The summed E-state index contributed by atoms with van der Waals surface area (Å²) in [5.41, 5.74) is 1.27. The molecule has 86 valence electrons. The number of anilines is 1. The van der Waals surface area contributed by atoms with E-state index in [2.05, 4.69) is 29.2 Å². The predicted molar refractivity (Wildman–Crippen MR) is 68.5 cm³/mol. The zero-order valence-electron chi connectivity index (χ0n) is 9.58. The van der Waals surface area contributed by atoms with Gasteiger partial charge in [0.1, 0.15) is 5.75 Å². The fraction of sp³-hybridized carbons (Fsp3) is 0.538. The number of thioether (sulfide) groups is 1. The molecule has 0 atom stereocenters. The quantitative estimate of drug-likeness (QED) is 0.804. The van der Waals surface area contributed by atoms with Gasteiger partial charge in [0.05, 0.1) is 7.11 Å². The number of hydrogen-bond donors (Lipinski definition) is 1. The lowest BCUT2D eigenvalue weighted by Crippen LogP contribution is -2.33. The van der Waals surface area contributed by atoms with E-state index in [1.807, 2.05) is 6.07 Å². The second kappa shape index (κ2) is 3.88. The van der Waals surface area contributed by atoms with Crippen LogP contribution in [0.3, 0.4) is 0 Å². The summed E-state index contributed by atoms with van der Waals surface area (Å²) in [5, 5.41) is 3.57. The lowest BCUT2D eigenvalue weighted by molar-refractivity contribution is 0.413. The average Bonchev–Trinajstić information content (AvgIpc) is 2.76. The van der Waals surface area contributed by atoms with E-state index < -0.39 is 0 Å². The number of ether oxygens (including phenoxy) is 1. The Kier molecular flexibility index (Phi) is 2.51. The van der Waals surface area contributed by atoms with Gasteiger partial charge in [0.2, 0.25) is 0 Å². The van der Waals surface area contributed by atoms with Crippen LogP contribution in [0.4, 0.5) is 5.69 Å². The molecule has 0 radical (unpaired) electrons. The molecule has 3 heteroatoms. The molecule has 1 fully saturated rings. The van der Waals surface area contributed by atoms with Crippen molar-refractivity contribution in [3.8, 4) is 5.75 Å². The van der Waals surface area contributed by atoms with Gasteiger partial charge in [0.25, 0.3) is 0 Å². The van der Waals surface area contributed by atoms with Crippen LogP contribution in [0.2, 0.25) is 0 Å². The number of rotatable bonds is 1. The minimum Gasteiger partial charge on any atom is -0.497 e. The van der Waals surface area contributed by atoms with Crippen LogP contribution in [-0.4, -0.2) is 18.4 Å². The van der Waals surface area contributed by atoms with Crippen LogP contribution in [0.25, 0.3) is 0 Å². The second-order valence-electron chi connectivity index (χ2n) is 4.71. The molecule has 1 saturated carbocycles. The van der Waals surface area contributed by atoms with Crippen molar-refractivity contribution in [2.45, 2.75) is 35.3 Å². The SMILES string of the molecule is COc1ccc2c(c1)SC1(CCCC1)CN2. The van der Waals surface area contributed by atoms with Crippen molar-refractivity contribution in [3.63, 3.8) is 0 Å². The van der Waals surface area contributed by atoms with E-state index in [9.17, 15) is 0 Å². The number of benzene rings is 1. The van der Waals surface area contributed by atoms with E-state index in [1.165, 1.54) is 36.3 Å². The molecule has 2 nitrogen and oxygen atoms in total. The molecule has 0 aromatic heterocycles. The van der Waals surface area contributed by atoms with Crippen molar-refractivity contribution >= 4 is 17.4 Å². The topological polar surface area (TPSA) is 21.3 Å². The molecule has 1 heterocycles. The highest BCUT2D eigenvalue weighted by Crippen LogP contribution is 2.50. The third-order valence-corrected chi connectivity index (χ3v) is 5.17. The first kappa shape index (κ1) is 10.3. The lowest BCUT2D eigenvalue weighted by atomic mass is 10.1. The van der Waals surface area contributed by atoms with Gasteiger partial charge in [0, 0.05) is 21.9 Å². The summed E-state index contributed by atoms with van der Waals surface area (Å²) >= 11 is 2.05. The minimum absolute atomic E-state index is 0.458. The van der Waals surface area contributed by atoms with Gasteiger partial charge in [-0.05, 0) is 31.0 Å². The molecule has 1 N–H and O–H groups in total. The van der Waals surface area contributed by atoms with Gasteiger partial charge in [-0.2, -0.15) is 0 Å². The predicted octanol–water partition coefficient (Wildman–Crippen LogP) is 3.53. The molecule has 1 aromatic carbocycles. The molecule has 0 amide bonds. The number of hydrogen-bond acceptors (Lipinski definition) is 3. The first-order chi connectivity index (χ1) is 7.81.